The highest BCUT2D eigenvalue weighted by Crippen LogP contribution is 2.43. The molecule has 2 heterocycles. The molecule has 1 aromatic rings. The average Bonchev–Trinajstić information content (AvgIpc) is 2.56. The zero-order valence-corrected chi connectivity index (χ0v) is 14.8. The van der Waals surface area contributed by atoms with Crippen LogP contribution in [0.1, 0.15) is 55.7 Å². The topological polar surface area (TPSA) is 49.8 Å². The van der Waals surface area contributed by atoms with Crippen molar-refractivity contribution < 1.29 is 13.2 Å². The van der Waals surface area contributed by atoms with Crippen LogP contribution in [0.25, 0.3) is 0 Å². The van der Waals surface area contributed by atoms with Crippen LogP contribution in [-0.2, 0) is 12.6 Å². The molecule has 2 aliphatic rings. The van der Waals surface area contributed by atoms with E-state index < -0.39 is 11.9 Å². The second kappa shape index (κ2) is 7.58. The molecule has 1 aliphatic heterocycles. The molecule has 1 saturated carbocycles. The first-order valence-corrected chi connectivity index (χ1v) is 9.22. The predicted octanol–water partition coefficient (Wildman–Crippen LogP) is 3.25. The molecule has 4 nitrogen and oxygen atoms in total. The molecule has 1 aromatic heterocycles. The minimum atomic E-state index is -4.41. The average molecular weight is 356 g/mol. The Morgan fingerprint density at radius 1 is 1.16 bits per heavy atom. The number of hydrogen-bond acceptors (Lipinski definition) is 4. The van der Waals surface area contributed by atoms with E-state index in [9.17, 15) is 13.2 Å². The van der Waals surface area contributed by atoms with E-state index in [2.05, 4.69) is 20.6 Å². The van der Waals surface area contributed by atoms with Gasteiger partial charge in [-0.15, -0.1) is 0 Å². The van der Waals surface area contributed by atoms with E-state index in [0.717, 1.165) is 32.0 Å². The van der Waals surface area contributed by atoms with E-state index >= 15 is 0 Å². The minimum Gasteiger partial charge on any atom is -0.317 e. The summed E-state index contributed by atoms with van der Waals surface area (Å²) in [6.07, 6.45) is 3.38. The van der Waals surface area contributed by atoms with Gasteiger partial charge in [0.1, 0.15) is 11.5 Å². The zero-order valence-electron chi connectivity index (χ0n) is 14.8. The lowest BCUT2D eigenvalue weighted by atomic mass is 9.67. The van der Waals surface area contributed by atoms with E-state index in [1.54, 1.807) is 6.92 Å². The number of nitrogens with zero attached hydrogens (tertiary/aromatic N) is 2. The molecular formula is C18H27F3N4. The third kappa shape index (κ3) is 4.91. The van der Waals surface area contributed by atoms with Crippen molar-refractivity contribution in [2.75, 3.05) is 19.6 Å². The van der Waals surface area contributed by atoms with Gasteiger partial charge >= 0.3 is 6.18 Å². The van der Waals surface area contributed by atoms with E-state index in [0.29, 0.717) is 30.1 Å². The van der Waals surface area contributed by atoms with Crippen molar-refractivity contribution in [2.24, 2.45) is 5.41 Å². The van der Waals surface area contributed by atoms with Crippen LogP contribution in [0.15, 0.2) is 6.07 Å². The number of alkyl halides is 3. The highest BCUT2D eigenvalue weighted by molar-refractivity contribution is 5.13. The summed E-state index contributed by atoms with van der Waals surface area (Å²) in [5, 5.41) is 6.92. The van der Waals surface area contributed by atoms with Crippen molar-refractivity contribution in [1.29, 1.82) is 0 Å². The number of piperidine rings is 1. The van der Waals surface area contributed by atoms with Crippen molar-refractivity contribution in [3.8, 4) is 0 Å². The lowest BCUT2D eigenvalue weighted by molar-refractivity contribution is -0.141. The fraction of sp³-hybridized carbons (Fsp3) is 0.778. The molecule has 140 valence electrons. The number of halogens is 3. The summed E-state index contributed by atoms with van der Waals surface area (Å²) in [6, 6.07) is 1.46. The summed E-state index contributed by atoms with van der Waals surface area (Å²) in [5.41, 5.74) is 0.0494. The lowest BCUT2D eigenvalue weighted by Gasteiger charge is -2.43. The molecule has 1 saturated heterocycles. The van der Waals surface area contributed by atoms with Crippen LogP contribution in [0.5, 0.6) is 0 Å². The maximum atomic E-state index is 12.8. The highest BCUT2D eigenvalue weighted by Gasteiger charge is 2.36. The molecule has 0 aromatic carbocycles. The van der Waals surface area contributed by atoms with Gasteiger partial charge < -0.3 is 10.6 Å². The van der Waals surface area contributed by atoms with Gasteiger partial charge in [0.05, 0.1) is 0 Å². The molecule has 2 N–H and O–H groups in total. The van der Waals surface area contributed by atoms with Gasteiger partial charge in [-0.1, -0.05) is 0 Å². The largest absolute Gasteiger partial charge is 0.433 e. The van der Waals surface area contributed by atoms with Crippen LogP contribution in [0.2, 0.25) is 0 Å². The minimum absolute atomic E-state index is 0.269. The normalized spacial score (nSPS) is 21.6. The molecule has 1 spiro atoms. The molecular weight excluding hydrogens is 329 g/mol. The van der Waals surface area contributed by atoms with Gasteiger partial charge in [-0.05, 0) is 70.0 Å². The van der Waals surface area contributed by atoms with E-state index in [4.69, 9.17) is 0 Å². The van der Waals surface area contributed by atoms with Gasteiger partial charge in [0, 0.05) is 24.7 Å². The molecule has 0 radical (unpaired) electrons. The molecule has 7 heteroatoms. The van der Waals surface area contributed by atoms with E-state index in [1.165, 1.54) is 25.7 Å². The number of rotatable bonds is 4. The summed E-state index contributed by atoms with van der Waals surface area (Å²) in [6.45, 7) is 4.46. The summed E-state index contributed by atoms with van der Waals surface area (Å²) in [4.78, 5) is 7.81. The zero-order chi connectivity index (χ0) is 17.9. The molecule has 0 amide bonds. The van der Waals surface area contributed by atoms with Crippen molar-refractivity contribution in [2.45, 2.75) is 64.1 Å². The monoisotopic (exact) mass is 356 g/mol. The standard InChI is InChI=1S/C18H27F3N4/c1-13-12-15(18(19,20)21)25-16(24-13)4-9-23-14-2-5-17(6-3-14)7-10-22-11-8-17/h12,14,22-23H,2-11H2,1H3. The first kappa shape index (κ1) is 18.6. The van der Waals surface area contributed by atoms with Crippen LogP contribution in [0.3, 0.4) is 0 Å². The van der Waals surface area contributed by atoms with E-state index in [1.807, 2.05) is 0 Å². The molecule has 0 bridgehead atoms. The van der Waals surface area contributed by atoms with Gasteiger partial charge in [0.25, 0.3) is 0 Å². The number of aromatic nitrogens is 2. The maximum absolute atomic E-state index is 12.8. The Labute approximate surface area is 147 Å². The maximum Gasteiger partial charge on any atom is 0.433 e. The number of nitrogens with one attached hydrogen (secondary N) is 2. The van der Waals surface area contributed by atoms with Crippen molar-refractivity contribution >= 4 is 0 Å². The summed E-state index contributed by atoms with van der Waals surface area (Å²) in [5.74, 6) is 0.269. The molecule has 25 heavy (non-hydrogen) atoms. The molecule has 2 fully saturated rings. The third-order valence-corrected chi connectivity index (χ3v) is 5.68. The first-order valence-electron chi connectivity index (χ1n) is 9.22. The second-order valence-corrected chi connectivity index (χ2v) is 7.54. The Balaban J connectivity index is 1.47. The predicted molar refractivity (Wildman–Crippen MR) is 90.3 cm³/mol. The van der Waals surface area contributed by atoms with Crippen LogP contribution in [0.4, 0.5) is 13.2 Å². The van der Waals surface area contributed by atoms with Crippen molar-refractivity contribution in [3.05, 3.63) is 23.3 Å². The number of hydrogen-bond donors (Lipinski definition) is 2. The van der Waals surface area contributed by atoms with E-state index in [-0.39, 0.29) is 5.82 Å². The quantitative estimate of drug-likeness (QED) is 0.870. The SMILES string of the molecule is Cc1cc(C(F)(F)F)nc(CCNC2CCC3(CCNCC3)CC2)n1. The molecule has 0 unspecified atom stereocenters. The van der Waals surface area contributed by atoms with Crippen LogP contribution in [-0.4, -0.2) is 35.6 Å². The van der Waals surface area contributed by atoms with Gasteiger partial charge in [-0.3, -0.25) is 0 Å². The van der Waals surface area contributed by atoms with Crippen LogP contribution < -0.4 is 10.6 Å². The van der Waals surface area contributed by atoms with Crippen LogP contribution in [0, 0.1) is 12.3 Å². The van der Waals surface area contributed by atoms with Gasteiger partial charge in [-0.2, -0.15) is 13.2 Å². The van der Waals surface area contributed by atoms with Gasteiger partial charge in [-0.25, -0.2) is 9.97 Å². The smallest absolute Gasteiger partial charge is 0.317 e. The fourth-order valence-electron chi connectivity index (χ4n) is 4.17. The summed E-state index contributed by atoms with van der Waals surface area (Å²) in [7, 11) is 0. The summed E-state index contributed by atoms with van der Waals surface area (Å²) >= 11 is 0. The Bertz CT molecular complexity index is 572. The Morgan fingerprint density at radius 2 is 1.84 bits per heavy atom. The van der Waals surface area contributed by atoms with Gasteiger partial charge in [0.2, 0.25) is 0 Å². The molecule has 0 atom stereocenters. The van der Waals surface area contributed by atoms with Crippen LogP contribution >= 0.6 is 0 Å². The Hall–Kier alpha value is -1.21. The third-order valence-electron chi connectivity index (χ3n) is 5.68. The van der Waals surface area contributed by atoms with Crippen molar-refractivity contribution in [1.82, 2.24) is 20.6 Å². The summed E-state index contributed by atoms with van der Waals surface area (Å²) < 4.78 is 38.5. The first-order chi connectivity index (χ1) is 11.9. The number of aryl methyl sites for hydroxylation is 1. The second-order valence-electron chi connectivity index (χ2n) is 7.54. The molecule has 3 rings (SSSR count). The Morgan fingerprint density at radius 3 is 2.48 bits per heavy atom. The Kier molecular flexibility index (Phi) is 5.63. The lowest BCUT2D eigenvalue weighted by Crippen LogP contribution is -2.43. The fourth-order valence-corrected chi connectivity index (χ4v) is 4.17. The highest BCUT2D eigenvalue weighted by atomic mass is 19.4. The van der Waals surface area contributed by atoms with Crippen molar-refractivity contribution in [3.63, 3.8) is 0 Å². The van der Waals surface area contributed by atoms with Gasteiger partial charge in [0.15, 0.2) is 0 Å². The molecule has 1 aliphatic carbocycles.